The summed E-state index contributed by atoms with van der Waals surface area (Å²) in [6.07, 6.45) is 5.43. The van der Waals surface area contributed by atoms with Crippen molar-refractivity contribution in [2.75, 3.05) is 14.1 Å². The second kappa shape index (κ2) is 7.08. The average Bonchev–Trinajstić information content (AvgIpc) is 3.22. The van der Waals surface area contributed by atoms with Gasteiger partial charge in [0, 0.05) is 60.1 Å². The lowest BCUT2D eigenvalue weighted by Gasteiger charge is -2.14. The number of H-pyrrole nitrogens is 1. The van der Waals surface area contributed by atoms with Gasteiger partial charge in [-0.25, -0.2) is 15.0 Å². The van der Waals surface area contributed by atoms with Crippen LogP contribution in [0.2, 0.25) is 0 Å². The maximum absolute atomic E-state index is 12.7. The number of fused-ring (bicyclic) bond motifs is 2. The smallest absolute Gasteiger partial charge is 0.254 e. The first-order valence-corrected chi connectivity index (χ1v) is 9.62. The molecule has 0 bridgehead atoms. The molecule has 1 N–H and O–H groups in total. The Bertz CT molecular complexity index is 1390. The summed E-state index contributed by atoms with van der Waals surface area (Å²) < 4.78 is 0. The maximum Gasteiger partial charge on any atom is 0.254 e. The van der Waals surface area contributed by atoms with Crippen LogP contribution in [0.5, 0.6) is 0 Å². The number of aromatic nitrogens is 4. The van der Waals surface area contributed by atoms with Gasteiger partial charge in [0.25, 0.3) is 5.91 Å². The molecule has 1 amide bonds. The average molecular weight is 393 g/mol. The van der Waals surface area contributed by atoms with Crippen LogP contribution in [0.3, 0.4) is 0 Å². The molecule has 0 aliphatic carbocycles. The fourth-order valence-corrected chi connectivity index (χ4v) is 3.60. The Balaban J connectivity index is 1.60. The van der Waals surface area contributed by atoms with Crippen molar-refractivity contribution in [3.8, 4) is 22.6 Å². The van der Waals surface area contributed by atoms with E-state index in [-0.39, 0.29) is 5.91 Å². The molecule has 0 unspecified atom stereocenters. The van der Waals surface area contributed by atoms with Crippen LogP contribution in [0.4, 0.5) is 0 Å². The largest absolute Gasteiger partial charge is 0.360 e. The van der Waals surface area contributed by atoms with E-state index >= 15 is 0 Å². The highest BCUT2D eigenvalue weighted by Crippen LogP contribution is 2.28. The summed E-state index contributed by atoms with van der Waals surface area (Å²) in [7, 11) is 3.49. The summed E-state index contributed by atoms with van der Waals surface area (Å²) in [6.45, 7) is 0. The van der Waals surface area contributed by atoms with Gasteiger partial charge in [-0.3, -0.25) is 4.79 Å². The van der Waals surface area contributed by atoms with Gasteiger partial charge in [0.2, 0.25) is 0 Å². The Morgan fingerprint density at radius 1 is 0.933 bits per heavy atom. The number of hydrogen-bond donors (Lipinski definition) is 1. The molecule has 5 rings (SSSR count). The van der Waals surface area contributed by atoms with E-state index < -0.39 is 0 Å². The molecule has 0 aliphatic rings. The molecule has 0 aliphatic heterocycles. The summed E-state index contributed by atoms with van der Waals surface area (Å²) in [5, 5.41) is 1.91. The Labute approximate surface area is 173 Å². The van der Waals surface area contributed by atoms with E-state index in [0.29, 0.717) is 17.1 Å². The van der Waals surface area contributed by atoms with E-state index in [1.165, 1.54) is 0 Å². The Hall–Kier alpha value is -4.06. The summed E-state index contributed by atoms with van der Waals surface area (Å²) in [5.74, 6) is 0.577. The van der Waals surface area contributed by atoms with Crippen molar-refractivity contribution in [2.24, 2.45) is 0 Å². The molecule has 0 atom stereocenters. The molecular weight excluding hydrogens is 374 g/mol. The fraction of sp³-hybridized carbons (Fsp3) is 0.0833. The quantitative estimate of drug-likeness (QED) is 0.488. The molecule has 6 nitrogen and oxygen atoms in total. The third kappa shape index (κ3) is 2.99. The van der Waals surface area contributed by atoms with Crippen LogP contribution in [-0.4, -0.2) is 44.8 Å². The minimum absolute atomic E-state index is 0.0637. The molecule has 0 saturated carbocycles. The Kier molecular flexibility index (Phi) is 4.25. The van der Waals surface area contributed by atoms with Gasteiger partial charge in [0.15, 0.2) is 5.82 Å². The summed E-state index contributed by atoms with van der Waals surface area (Å²) in [5.41, 5.74) is 4.80. The molecule has 0 fully saturated rings. The number of para-hydroxylation sites is 2. The van der Waals surface area contributed by atoms with Gasteiger partial charge < -0.3 is 9.88 Å². The number of pyridine rings is 1. The van der Waals surface area contributed by atoms with E-state index in [1.54, 1.807) is 31.4 Å². The fourth-order valence-electron chi connectivity index (χ4n) is 3.60. The topological polar surface area (TPSA) is 74.8 Å². The van der Waals surface area contributed by atoms with Crippen LogP contribution in [0.15, 0.2) is 73.2 Å². The van der Waals surface area contributed by atoms with Crippen molar-refractivity contribution in [3.63, 3.8) is 0 Å². The zero-order valence-corrected chi connectivity index (χ0v) is 16.6. The normalized spacial score (nSPS) is 11.1. The number of hydrogen-bond acceptors (Lipinski definition) is 4. The number of amides is 1. The molecule has 3 heterocycles. The predicted molar refractivity (Wildman–Crippen MR) is 118 cm³/mol. The van der Waals surface area contributed by atoms with Crippen molar-refractivity contribution in [3.05, 3.63) is 78.8 Å². The van der Waals surface area contributed by atoms with Crippen molar-refractivity contribution >= 4 is 27.7 Å². The van der Waals surface area contributed by atoms with Gasteiger partial charge in [-0.05, 0) is 18.2 Å². The molecule has 30 heavy (non-hydrogen) atoms. The Morgan fingerprint density at radius 2 is 1.63 bits per heavy atom. The second-order valence-corrected chi connectivity index (χ2v) is 7.32. The predicted octanol–water partition coefficient (Wildman–Crippen LogP) is 4.54. The molecule has 146 valence electrons. The zero-order chi connectivity index (χ0) is 20.7. The van der Waals surface area contributed by atoms with Crippen LogP contribution < -0.4 is 0 Å². The van der Waals surface area contributed by atoms with Crippen molar-refractivity contribution in [1.82, 2.24) is 24.8 Å². The molecular formula is C24H19N5O. The molecule has 2 aromatic carbocycles. The third-order valence-electron chi connectivity index (χ3n) is 5.13. The van der Waals surface area contributed by atoms with Crippen molar-refractivity contribution < 1.29 is 4.79 Å². The number of aromatic amines is 1. The lowest BCUT2D eigenvalue weighted by Crippen LogP contribution is -2.22. The highest BCUT2D eigenvalue weighted by atomic mass is 16.2. The van der Waals surface area contributed by atoms with E-state index in [4.69, 9.17) is 4.98 Å². The van der Waals surface area contributed by atoms with E-state index in [2.05, 4.69) is 15.0 Å². The summed E-state index contributed by atoms with van der Waals surface area (Å²) in [4.78, 5) is 31.4. The minimum atomic E-state index is -0.0637. The first-order valence-electron chi connectivity index (χ1n) is 9.62. The molecule has 0 spiro atoms. The van der Waals surface area contributed by atoms with Crippen molar-refractivity contribution in [1.29, 1.82) is 0 Å². The van der Waals surface area contributed by atoms with Crippen LogP contribution in [0, 0.1) is 0 Å². The molecule has 3 aromatic heterocycles. The first kappa shape index (κ1) is 18.0. The highest BCUT2D eigenvalue weighted by Gasteiger charge is 2.16. The van der Waals surface area contributed by atoms with Crippen LogP contribution in [0.25, 0.3) is 44.5 Å². The number of carbonyl (C=O) groups is 1. The number of rotatable bonds is 3. The van der Waals surface area contributed by atoms with Crippen molar-refractivity contribution in [2.45, 2.75) is 0 Å². The lowest BCUT2D eigenvalue weighted by atomic mass is 10.0. The number of carbonyl (C=O) groups excluding carboxylic acids is 1. The third-order valence-corrected chi connectivity index (χ3v) is 5.13. The molecule has 5 aromatic rings. The van der Waals surface area contributed by atoms with E-state index in [0.717, 1.165) is 32.9 Å². The van der Waals surface area contributed by atoms with Gasteiger partial charge >= 0.3 is 0 Å². The Morgan fingerprint density at radius 3 is 2.40 bits per heavy atom. The van der Waals surface area contributed by atoms with Gasteiger partial charge in [-0.2, -0.15) is 0 Å². The van der Waals surface area contributed by atoms with Gasteiger partial charge in [0.1, 0.15) is 0 Å². The van der Waals surface area contributed by atoms with Crippen LogP contribution in [-0.2, 0) is 0 Å². The summed E-state index contributed by atoms with van der Waals surface area (Å²) in [6, 6.07) is 17.5. The second-order valence-electron chi connectivity index (χ2n) is 7.32. The number of nitrogens with one attached hydrogen (secondary N) is 1. The zero-order valence-electron chi connectivity index (χ0n) is 16.6. The minimum Gasteiger partial charge on any atom is -0.360 e. The maximum atomic E-state index is 12.7. The van der Waals surface area contributed by atoms with Gasteiger partial charge in [0.05, 0.1) is 16.8 Å². The molecule has 6 heteroatoms. The highest BCUT2D eigenvalue weighted by molar-refractivity contribution is 6.07. The van der Waals surface area contributed by atoms with Gasteiger partial charge in [-0.1, -0.05) is 36.4 Å². The SMILES string of the molecule is CN(C)C(=O)c1cc(-c2cnc(-c3c[nH]c4ccccc34)nc2)nc2ccccc12. The van der Waals surface area contributed by atoms with E-state index in [1.807, 2.05) is 60.8 Å². The van der Waals surface area contributed by atoms with Crippen LogP contribution >= 0.6 is 0 Å². The van der Waals surface area contributed by atoms with E-state index in [9.17, 15) is 4.79 Å². The number of benzene rings is 2. The molecule has 0 radical (unpaired) electrons. The monoisotopic (exact) mass is 393 g/mol. The van der Waals surface area contributed by atoms with Crippen LogP contribution in [0.1, 0.15) is 10.4 Å². The lowest BCUT2D eigenvalue weighted by molar-refractivity contribution is 0.0829. The van der Waals surface area contributed by atoms with Gasteiger partial charge in [-0.15, -0.1) is 0 Å². The first-order chi connectivity index (χ1) is 14.6. The standard InChI is InChI=1S/C24H19N5O/c1-29(2)24(30)18-11-22(28-21-10-6-4-7-16(18)21)15-12-26-23(27-13-15)19-14-25-20-9-5-3-8-17(19)20/h3-14,25H,1-2H3. The molecule has 0 saturated heterocycles. The summed E-state index contributed by atoms with van der Waals surface area (Å²) >= 11 is 0. The number of nitrogens with zero attached hydrogens (tertiary/aromatic N) is 4.